The lowest BCUT2D eigenvalue weighted by atomic mass is 10.0. The van der Waals surface area contributed by atoms with Crippen LogP contribution in [0.4, 0.5) is 16.2 Å². The van der Waals surface area contributed by atoms with E-state index in [0.717, 1.165) is 26.2 Å². The summed E-state index contributed by atoms with van der Waals surface area (Å²) in [5.41, 5.74) is 1.22. The Labute approximate surface area is 177 Å². The van der Waals surface area contributed by atoms with Gasteiger partial charge in [-0.25, -0.2) is 4.79 Å². The molecule has 0 saturated carbocycles. The van der Waals surface area contributed by atoms with Gasteiger partial charge in [-0.1, -0.05) is 0 Å². The molecule has 164 valence electrons. The summed E-state index contributed by atoms with van der Waals surface area (Å²) in [5.74, 6) is -0.755. The molecule has 2 aliphatic rings. The van der Waals surface area contributed by atoms with Crippen molar-refractivity contribution in [2.24, 2.45) is 0 Å². The maximum Gasteiger partial charge on any atom is 0.325 e. The fourth-order valence-corrected chi connectivity index (χ4v) is 3.97. The molecule has 0 aliphatic carbocycles. The predicted octanol–water partition coefficient (Wildman–Crippen LogP) is 1.11. The number of nitrogens with one attached hydrogen (secondary N) is 2. The van der Waals surface area contributed by atoms with Crippen LogP contribution in [0.2, 0.25) is 0 Å². The van der Waals surface area contributed by atoms with E-state index in [9.17, 15) is 14.4 Å². The van der Waals surface area contributed by atoms with Crippen LogP contribution >= 0.6 is 0 Å². The van der Waals surface area contributed by atoms with Crippen LogP contribution in [0.3, 0.4) is 0 Å². The number of amides is 3. The number of carbonyl (C=O) groups excluding carboxylic acids is 3. The Morgan fingerprint density at radius 1 is 1.10 bits per heavy atom. The first-order valence-corrected chi connectivity index (χ1v) is 10.4. The van der Waals surface area contributed by atoms with Crippen molar-refractivity contribution in [1.82, 2.24) is 15.1 Å². The molecule has 2 N–H and O–H groups in total. The highest BCUT2D eigenvalue weighted by Gasteiger charge is 2.27. The molecule has 0 aromatic heterocycles. The van der Waals surface area contributed by atoms with E-state index in [0.29, 0.717) is 30.5 Å². The maximum atomic E-state index is 12.6. The highest BCUT2D eigenvalue weighted by molar-refractivity contribution is 5.96. The van der Waals surface area contributed by atoms with Crippen LogP contribution in [0.5, 0.6) is 0 Å². The van der Waals surface area contributed by atoms with E-state index in [1.807, 2.05) is 4.90 Å². The molecule has 2 fully saturated rings. The molecule has 3 rings (SSSR count). The van der Waals surface area contributed by atoms with Crippen molar-refractivity contribution in [2.45, 2.75) is 25.8 Å². The standard InChI is InChI=1S/C21H31N5O4/c1-16(27)26(15-20(28)30-2)19-5-3-17(4-6-19)23-21(29)25-13-11-24(12-14-25)18-7-9-22-10-8-18/h3-6,18,22H,7-15H2,1-2H3,(H,23,29). The van der Waals surface area contributed by atoms with E-state index >= 15 is 0 Å². The van der Waals surface area contributed by atoms with Crippen molar-refractivity contribution < 1.29 is 19.1 Å². The Morgan fingerprint density at radius 3 is 2.30 bits per heavy atom. The molecule has 30 heavy (non-hydrogen) atoms. The number of nitrogens with zero attached hydrogens (tertiary/aromatic N) is 3. The van der Waals surface area contributed by atoms with Crippen molar-refractivity contribution in [3.05, 3.63) is 24.3 Å². The first-order chi connectivity index (χ1) is 14.5. The summed E-state index contributed by atoms with van der Waals surface area (Å²) < 4.78 is 4.64. The van der Waals surface area contributed by atoms with E-state index in [2.05, 4.69) is 20.3 Å². The monoisotopic (exact) mass is 417 g/mol. The molecule has 9 heteroatoms. The van der Waals surface area contributed by atoms with Crippen molar-refractivity contribution >= 4 is 29.3 Å². The zero-order valence-corrected chi connectivity index (χ0v) is 17.7. The van der Waals surface area contributed by atoms with Crippen LogP contribution in [0.1, 0.15) is 19.8 Å². The summed E-state index contributed by atoms with van der Waals surface area (Å²) >= 11 is 0. The van der Waals surface area contributed by atoms with Gasteiger partial charge in [-0.2, -0.15) is 0 Å². The molecule has 1 aromatic carbocycles. The molecule has 0 radical (unpaired) electrons. The predicted molar refractivity (Wildman–Crippen MR) is 115 cm³/mol. The second-order valence-corrected chi connectivity index (χ2v) is 7.66. The van der Waals surface area contributed by atoms with Crippen LogP contribution in [0.25, 0.3) is 0 Å². The minimum Gasteiger partial charge on any atom is -0.468 e. The van der Waals surface area contributed by atoms with Crippen molar-refractivity contribution in [3.63, 3.8) is 0 Å². The second kappa shape index (κ2) is 10.4. The maximum absolute atomic E-state index is 12.6. The number of methoxy groups -OCH3 is 1. The summed E-state index contributed by atoms with van der Waals surface area (Å²) in [7, 11) is 1.28. The van der Waals surface area contributed by atoms with Gasteiger partial charge in [-0.3, -0.25) is 14.5 Å². The van der Waals surface area contributed by atoms with Crippen molar-refractivity contribution in [2.75, 3.05) is 63.1 Å². The smallest absolute Gasteiger partial charge is 0.325 e. The molecule has 2 saturated heterocycles. The number of esters is 1. The topological polar surface area (TPSA) is 94.2 Å². The average molecular weight is 418 g/mol. The van der Waals surface area contributed by atoms with E-state index in [-0.39, 0.29) is 18.5 Å². The van der Waals surface area contributed by atoms with Gasteiger partial charge in [0.05, 0.1) is 7.11 Å². The molecule has 0 spiro atoms. The third-order valence-electron chi connectivity index (χ3n) is 5.75. The molecule has 3 amide bonds. The molecule has 2 aliphatic heterocycles. The quantitative estimate of drug-likeness (QED) is 0.697. The van der Waals surface area contributed by atoms with Crippen LogP contribution in [0.15, 0.2) is 24.3 Å². The van der Waals surface area contributed by atoms with E-state index in [1.54, 1.807) is 24.3 Å². The average Bonchev–Trinajstić information content (AvgIpc) is 2.78. The molecule has 0 bridgehead atoms. The fourth-order valence-electron chi connectivity index (χ4n) is 3.97. The van der Waals surface area contributed by atoms with Crippen molar-refractivity contribution in [1.29, 1.82) is 0 Å². The SMILES string of the molecule is COC(=O)CN(C(C)=O)c1ccc(NC(=O)N2CCN(C3CCNCC3)CC2)cc1. The highest BCUT2D eigenvalue weighted by atomic mass is 16.5. The summed E-state index contributed by atoms with van der Waals surface area (Å²) in [6.07, 6.45) is 2.34. The van der Waals surface area contributed by atoms with E-state index < -0.39 is 5.97 Å². The van der Waals surface area contributed by atoms with Gasteiger partial charge in [0.15, 0.2) is 0 Å². The molecular formula is C21H31N5O4. The lowest BCUT2D eigenvalue weighted by Crippen LogP contribution is -2.54. The Kier molecular flexibility index (Phi) is 7.64. The highest BCUT2D eigenvalue weighted by Crippen LogP contribution is 2.20. The zero-order valence-electron chi connectivity index (χ0n) is 17.7. The first kappa shape index (κ1) is 22.0. The molecule has 2 heterocycles. The Bertz CT molecular complexity index is 740. The molecule has 0 unspecified atom stereocenters. The number of piperazine rings is 1. The Balaban J connectivity index is 1.52. The number of carbonyl (C=O) groups is 3. The second-order valence-electron chi connectivity index (χ2n) is 7.66. The van der Waals surface area contributed by atoms with Gasteiger partial charge in [0.1, 0.15) is 6.54 Å². The summed E-state index contributed by atoms with van der Waals surface area (Å²) in [6.45, 7) is 6.61. The van der Waals surface area contributed by atoms with Gasteiger partial charge in [0.2, 0.25) is 5.91 Å². The fraction of sp³-hybridized carbons (Fsp3) is 0.571. The number of piperidine rings is 1. The van der Waals surface area contributed by atoms with Crippen LogP contribution in [-0.4, -0.2) is 86.7 Å². The number of anilines is 2. The normalized spacial score (nSPS) is 18.0. The van der Waals surface area contributed by atoms with Gasteiger partial charge in [0.25, 0.3) is 0 Å². The number of ether oxygens (including phenoxy) is 1. The van der Waals surface area contributed by atoms with Crippen LogP contribution < -0.4 is 15.5 Å². The van der Waals surface area contributed by atoms with Gasteiger partial charge < -0.3 is 25.2 Å². The Hall–Kier alpha value is -2.65. The lowest BCUT2D eigenvalue weighted by molar-refractivity contribution is -0.139. The van der Waals surface area contributed by atoms with Crippen LogP contribution in [0, 0.1) is 0 Å². The minimum atomic E-state index is -0.494. The van der Waals surface area contributed by atoms with E-state index in [4.69, 9.17) is 0 Å². The zero-order chi connectivity index (χ0) is 21.5. The van der Waals surface area contributed by atoms with Gasteiger partial charge in [-0.05, 0) is 50.2 Å². The number of hydrogen-bond acceptors (Lipinski definition) is 6. The molecular weight excluding hydrogens is 386 g/mol. The molecule has 9 nitrogen and oxygen atoms in total. The van der Waals surface area contributed by atoms with Crippen molar-refractivity contribution in [3.8, 4) is 0 Å². The van der Waals surface area contributed by atoms with E-state index in [1.165, 1.54) is 31.8 Å². The third kappa shape index (κ3) is 5.70. The summed E-state index contributed by atoms with van der Waals surface area (Å²) in [6, 6.07) is 7.37. The summed E-state index contributed by atoms with van der Waals surface area (Å²) in [5, 5.41) is 6.31. The number of benzene rings is 1. The molecule has 0 atom stereocenters. The number of rotatable bonds is 5. The van der Waals surface area contributed by atoms with Gasteiger partial charge >= 0.3 is 12.0 Å². The third-order valence-corrected chi connectivity index (χ3v) is 5.75. The van der Waals surface area contributed by atoms with Crippen LogP contribution in [-0.2, 0) is 14.3 Å². The molecule has 1 aromatic rings. The number of hydrogen-bond donors (Lipinski definition) is 2. The van der Waals surface area contributed by atoms with Gasteiger partial charge in [-0.15, -0.1) is 0 Å². The van der Waals surface area contributed by atoms with Gasteiger partial charge in [0, 0.05) is 50.5 Å². The Morgan fingerprint density at radius 2 is 1.73 bits per heavy atom. The first-order valence-electron chi connectivity index (χ1n) is 10.4. The largest absolute Gasteiger partial charge is 0.468 e. The minimum absolute atomic E-state index is 0.120. The lowest BCUT2D eigenvalue weighted by Gasteiger charge is -2.40. The number of urea groups is 1. The summed E-state index contributed by atoms with van der Waals surface area (Å²) in [4.78, 5) is 41.7.